The van der Waals surface area contributed by atoms with Crippen LogP contribution in [0.4, 0.5) is 5.69 Å². The van der Waals surface area contributed by atoms with Crippen LogP contribution in [0.1, 0.15) is 23.3 Å². The molecule has 4 N–H and O–H groups in total. The molecule has 0 spiro atoms. The zero-order valence-electron chi connectivity index (χ0n) is 12.0. The van der Waals surface area contributed by atoms with Crippen LogP contribution < -0.4 is 5.32 Å². The highest BCUT2D eigenvalue weighted by Gasteiger charge is 2.14. The number of rotatable bonds is 7. The average Bonchev–Trinajstić information content (AvgIpc) is 2.55. The molecule has 0 radical (unpaired) electrons. The van der Waals surface area contributed by atoms with Crippen molar-refractivity contribution in [3.8, 4) is 0 Å². The molecule has 2 rings (SSSR count). The number of nitro benzene ring substituents is 1. The van der Waals surface area contributed by atoms with E-state index in [4.69, 9.17) is 0 Å². The minimum atomic E-state index is -0.733. The van der Waals surface area contributed by atoms with Crippen LogP contribution in [0.15, 0.2) is 54.6 Å². The number of quaternary nitrogens is 1. The standard InChI is InChI=1S/C16H18N2O4/c19-15(12-4-2-1-3-5-12)10-17-11-16(20)13-6-8-14(9-7-13)18(21)22/h1-9,15-17,19-20H,10-11H2/p+1/t15-,16-/m1/s1. The second kappa shape index (κ2) is 7.65. The van der Waals surface area contributed by atoms with Crippen molar-refractivity contribution in [3.05, 3.63) is 75.8 Å². The van der Waals surface area contributed by atoms with Crippen molar-refractivity contribution in [1.29, 1.82) is 0 Å². The lowest BCUT2D eigenvalue weighted by atomic mass is 10.1. The fraction of sp³-hybridized carbons (Fsp3) is 0.250. The van der Waals surface area contributed by atoms with Gasteiger partial charge in [0.1, 0.15) is 25.3 Å². The van der Waals surface area contributed by atoms with Crippen molar-refractivity contribution in [2.45, 2.75) is 12.2 Å². The fourth-order valence-electron chi connectivity index (χ4n) is 2.18. The maximum atomic E-state index is 10.6. The van der Waals surface area contributed by atoms with E-state index in [1.54, 1.807) is 12.1 Å². The van der Waals surface area contributed by atoms with Crippen molar-refractivity contribution in [2.24, 2.45) is 0 Å². The van der Waals surface area contributed by atoms with Gasteiger partial charge in [-0.2, -0.15) is 0 Å². The van der Waals surface area contributed by atoms with Crippen LogP contribution in [0, 0.1) is 10.1 Å². The van der Waals surface area contributed by atoms with Gasteiger partial charge in [0.25, 0.3) is 5.69 Å². The van der Waals surface area contributed by atoms with Gasteiger partial charge in [-0.1, -0.05) is 30.3 Å². The Morgan fingerprint density at radius 3 is 1.91 bits per heavy atom. The van der Waals surface area contributed by atoms with Gasteiger partial charge < -0.3 is 15.5 Å². The average molecular weight is 303 g/mol. The van der Waals surface area contributed by atoms with E-state index in [1.165, 1.54) is 12.1 Å². The first-order chi connectivity index (χ1) is 10.6. The molecule has 0 unspecified atom stereocenters. The minimum absolute atomic E-state index is 0.000528. The lowest BCUT2D eigenvalue weighted by Gasteiger charge is -2.13. The van der Waals surface area contributed by atoms with Gasteiger partial charge in [-0.05, 0) is 23.3 Å². The molecule has 0 aromatic heterocycles. The summed E-state index contributed by atoms with van der Waals surface area (Å²) in [6.45, 7) is 0.815. The summed E-state index contributed by atoms with van der Waals surface area (Å²) in [4.78, 5) is 10.1. The molecular weight excluding hydrogens is 284 g/mol. The molecule has 2 aromatic carbocycles. The zero-order valence-corrected chi connectivity index (χ0v) is 12.0. The van der Waals surface area contributed by atoms with Crippen molar-refractivity contribution >= 4 is 5.69 Å². The first-order valence-corrected chi connectivity index (χ1v) is 7.05. The predicted octanol–water partition coefficient (Wildman–Crippen LogP) is 0.925. The quantitative estimate of drug-likeness (QED) is 0.523. The smallest absolute Gasteiger partial charge is 0.269 e. The first-order valence-electron chi connectivity index (χ1n) is 7.05. The topological polar surface area (TPSA) is 100 Å². The molecular formula is C16H19N2O4+. The van der Waals surface area contributed by atoms with Crippen LogP contribution in [0.3, 0.4) is 0 Å². The Hall–Kier alpha value is -2.28. The molecule has 0 saturated carbocycles. The van der Waals surface area contributed by atoms with E-state index in [9.17, 15) is 20.3 Å². The van der Waals surface area contributed by atoms with Crippen LogP contribution in [0.5, 0.6) is 0 Å². The molecule has 2 aromatic rings. The van der Waals surface area contributed by atoms with E-state index in [0.717, 1.165) is 5.56 Å². The molecule has 0 bridgehead atoms. The van der Waals surface area contributed by atoms with Gasteiger partial charge in [-0.3, -0.25) is 10.1 Å². The summed E-state index contributed by atoms with van der Waals surface area (Å²) in [5.41, 5.74) is 1.46. The molecule has 22 heavy (non-hydrogen) atoms. The van der Waals surface area contributed by atoms with E-state index in [-0.39, 0.29) is 5.69 Å². The maximum absolute atomic E-state index is 10.6. The Morgan fingerprint density at radius 2 is 1.41 bits per heavy atom. The van der Waals surface area contributed by atoms with E-state index in [0.29, 0.717) is 18.7 Å². The number of nitrogens with two attached hydrogens (primary N) is 1. The maximum Gasteiger partial charge on any atom is 0.269 e. The van der Waals surface area contributed by atoms with Gasteiger partial charge in [0, 0.05) is 12.1 Å². The summed E-state index contributed by atoms with van der Waals surface area (Å²) >= 11 is 0. The second-order valence-corrected chi connectivity index (χ2v) is 5.05. The number of hydrogen-bond donors (Lipinski definition) is 3. The van der Waals surface area contributed by atoms with E-state index in [1.807, 2.05) is 35.6 Å². The molecule has 0 saturated heterocycles. The number of benzene rings is 2. The second-order valence-electron chi connectivity index (χ2n) is 5.05. The zero-order chi connectivity index (χ0) is 15.9. The van der Waals surface area contributed by atoms with Crippen LogP contribution in [-0.2, 0) is 0 Å². The van der Waals surface area contributed by atoms with Crippen LogP contribution >= 0.6 is 0 Å². The highest BCUT2D eigenvalue weighted by Crippen LogP contribution is 2.16. The van der Waals surface area contributed by atoms with Crippen LogP contribution in [0.2, 0.25) is 0 Å². The molecule has 0 amide bonds. The van der Waals surface area contributed by atoms with Crippen molar-refractivity contribution in [1.82, 2.24) is 0 Å². The lowest BCUT2D eigenvalue weighted by Crippen LogP contribution is -2.86. The van der Waals surface area contributed by atoms with Gasteiger partial charge in [0.05, 0.1) is 4.92 Å². The SMILES string of the molecule is O=[N+]([O-])c1ccc([C@H](O)C[NH2+]C[C@@H](O)c2ccccc2)cc1. The summed E-state index contributed by atoms with van der Waals surface area (Å²) < 4.78 is 0. The number of nitro groups is 1. The molecule has 116 valence electrons. The highest BCUT2D eigenvalue weighted by atomic mass is 16.6. The Labute approximate surface area is 128 Å². The Kier molecular flexibility index (Phi) is 5.60. The van der Waals surface area contributed by atoms with Crippen molar-refractivity contribution < 1.29 is 20.5 Å². The van der Waals surface area contributed by atoms with Gasteiger partial charge in [-0.25, -0.2) is 0 Å². The molecule has 2 atom stereocenters. The van der Waals surface area contributed by atoms with Gasteiger partial charge in [-0.15, -0.1) is 0 Å². The monoisotopic (exact) mass is 303 g/mol. The van der Waals surface area contributed by atoms with Gasteiger partial charge in [0.2, 0.25) is 0 Å². The third-order valence-corrected chi connectivity index (χ3v) is 3.45. The molecule has 0 aliphatic rings. The third kappa shape index (κ3) is 4.36. The summed E-state index contributed by atoms with van der Waals surface area (Å²) in [7, 11) is 0. The summed E-state index contributed by atoms with van der Waals surface area (Å²) in [6, 6.07) is 15.2. The summed E-state index contributed by atoms with van der Waals surface area (Å²) in [6.07, 6.45) is -1.32. The van der Waals surface area contributed by atoms with E-state index < -0.39 is 17.1 Å². The number of aliphatic hydroxyl groups excluding tert-OH is 2. The van der Waals surface area contributed by atoms with E-state index in [2.05, 4.69) is 0 Å². The Balaban J connectivity index is 1.82. The van der Waals surface area contributed by atoms with Crippen LogP contribution in [-0.4, -0.2) is 28.2 Å². The number of non-ortho nitro benzene ring substituents is 1. The predicted molar refractivity (Wildman–Crippen MR) is 81.1 cm³/mol. The molecule has 0 aliphatic carbocycles. The molecule has 6 nitrogen and oxygen atoms in total. The summed E-state index contributed by atoms with van der Waals surface area (Å²) in [5.74, 6) is 0. The fourth-order valence-corrected chi connectivity index (χ4v) is 2.18. The minimum Gasteiger partial charge on any atom is -0.382 e. The molecule has 0 heterocycles. The van der Waals surface area contributed by atoms with Crippen LogP contribution in [0.25, 0.3) is 0 Å². The molecule has 0 fully saturated rings. The number of hydrogen-bond acceptors (Lipinski definition) is 4. The Morgan fingerprint density at radius 1 is 0.909 bits per heavy atom. The first kappa shape index (κ1) is 16.1. The van der Waals surface area contributed by atoms with Crippen molar-refractivity contribution in [3.63, 3.8) is 0 Å². The Bertz CT molecular complexity index is 601. The number of aliphatic hydroxyl groups is 2. The largest absolute Gasteiger partial charge is 0.382 e. The summed E-state index contributed by atoms with van der Waals surface area (Å²) in [5, 5.41) is 32.5. The number of nitrogens with zero attached hydrogens (tertiary/aromatic N) is 1. The third-order valence-electron chi connectivity index (χ3n) is 3.45. The normalized spacial score (nSPS) is 13.5. The van der Waals surface area contributed by atoms with E-state index >= 15 is 0 Å². The lowest BCUT2D eigenvalue weighted by molar-refractivity contribution is -0.668. The van der Waals surface area contributed by atoms with Gasteiger partial charge in [0.15, 0.2) is 0 Å². The molecule has 0 aliphatic heterocycles. The molecule has 6 heteroatoms. The highest BCUT2D eigenvalue weighted by molar-refractivity contribution is 5.33. The van der Waals surface area contributed by atoms with Gasteiger partial charge >= 0.3 is 0 Å². The van der Waals surface area contributed by atoms with Crippen molar-refractivity contribution in [2.75, 3.05) is 13.1 Å².